The molecule has 0 amide bonds. The number of rotatable bonds is 7. The van der Waals surface area contributed by atoms with E-state index in [4.69, 9.17) is 4.74 Å². The Morgan fingerprint density at radius 1 is 1.04 bits per heavy atom. The van der Waals surface area contributed by atoms with Gasteiger partial charge in [0.2, 0.25) is 0 Å². The summed E-state index contributed by atoms with van der Waals surface area (Å²) in [6.07, 6.45) is 1.66. The van der Waals surface area contributed by atoms with Crippen LogP contribution >= 0.6 is 11.8 Å². The van der Waals surface area contributed by atoms with E-state index in [1.807, 2.05) is 22.8 Å². The molecule has 134 valence electrons. The quantitative estimate of drug-likeness (QED) is 0.471. The smallest absolute Gasteiger partial charge is 0.316 e. The molecular weight excluding hydrogens is 346 g/mol. The maximum absolute atomic E-state index is 11.5. The van der Waals surface area contributed by atoms with Crippen LogP contribution in [0.2, 0.25) is 0 Å². The minimum atomic E-state index is -0.282. The zero-order valence-electron chi connectivity index (χ0n) is 14.9. The van der Waals surface area contributed by atoms with Crippen LogP contribution in [0.15, 0.2) is 59.8 Å². The summed E-state index contributed by atoms with van der Waals surface area (Å²) in [6.45, 7) is 2.13. The van der Waals surface area contributed by atoms with Crippen LogP contribution in [-0.4, -0.2) is 33.6 Å². The van der Waals surface area contributed by atoms with Crippen LogP contribution < -0.4 is 0 Å². The standard InChI is InChI=1S/C20H21N3O2S/c1-3-15-9-11-17(12-10-15)23-18(13-16-7-5-4-6-8-16)21-22-20(23)26-14-19(24)25-2/h4-12H,3,13-14H2,1-2H3. The largest absolute Gasteiger partial charge is 0.468 e. The minimum absolute atomic E-state index is 0.201. The number of nitrogens with zero attached hydrogens (tertiary/aromatic N) is 3. The molecule has 2 aromatic carbocycles. The van der Waals surface area contributed by atoms with Crippen LogP contribution in [-0.2, 0) is 22.4 Å². The van der Waals surface area contributed by atoms with Gasteiger partial charge in [0.05, 0.1) is 12.9 Å². The molecule has 0 radical (unpaired) electrons. The fourth-order valence-electron chi connectivity index (χ4n) is 2.61. The first kappa shape index (κ1) is 18.2. The molecule has 0 spiro atoms. The summed E-state index contributed by atoms with van der Waals surface area (Å²) in [6, 6.07) is 18.5. The molecule has 5 nitrogen and oxygen atoms in total. The number of aromatic nitrogens is 3. The van der Waals surface area contributed by atoms with Crippen molar-refractivity contribution >= 4 is 17.7 Å². The van der Waals surface area contributed by atoms with Crippen molar-refractivity contribution in [2.24, 2.45) is 0 Å². The van der Waals surface area contributed by atoms with Gasteiger partial charge in [0, 0.05) is 12.1 Å². The Bertz CT molecular complexity index is 861. The predicted octanol–water partition coefficient (Wildman–Crippen LogP) is 3.69. The maximum atomic E-state index is 11.5. The van der Waals surface area contributed by atoms with Crippen LogP contribution in [0.25, 0.3) is 5.69 Å². The highest BCUT2D eigenvalue weighted by molar-refractivity contribution is 7.99. The summed E-state index contributed by atoms with van der Waals surface area (Å²) in [5.41, 5.74) is 3.43. The van der Waals surface area contributed by atoms with E-state index in [9.17, 15) is 4.79 Å². The molecule has 3 aromatic rings. The third kappa shape index (κ3) is 4.32. The van der Waals surface area contributed by atoms with E-state index in [-0.39, 0.29) is 11.7 Å². The average molecular weight is 367 g/mol. The molecule has 1 heterocycles. The molecule has 0 aliphatic heterocycles. The average Bonchev–Trinajstić information content (AvgIpc) is 3.09. The lowest BCUT2D eigenvalue weighted by Crippen LogP contribution is -2.07. The van der Waals surface area contributed by atoms with Crippen molar-refractivity contribution in [3.8, 4) is 5.69 Å². The molecule has 0 aliphatic carbocycles. The highest BCUT2D eigenvalue weighted by Crippen LogP contribution is 2.24. The van der Waals surface area contributed by atoms with Crippen molar-refractivity contribution in [2.45, 2.75) is 24.9 Å². The van der Waals surface area contributed by atoms with Crippen LogP contribution in [0.3, 0.4) is 0 Å². The summed E-state index contributed by atoms with van der Waals surface area (Å²) in [5.74, 6) is 0.760. The summed E-state index contributed by atoms with van der Waals surface area (Å²) < 4.78 is 6.75. The number of hydrogen-bond donors (Lipinski definition) is 0. The fraction of sp³-hybridized carbons (Fsp3) is 0.250. The zero-order chi connectivity index (χ0) is 18.4. The number of hydrogen-bond acceptors (Lipinski definition) is 5. The number of ether oxygens (including phenoxy) is 1. The number of thioether (sulfide) groups is 1. The van der Waals surface area contributed by atoms with Gasteiger partial charge in [-0.05, 0) is 29.7 Å². The molecule has 0 N–H and O–H groups in total. The van der Waals surface area contributed by atoms with E-state index in [0.717, 1.165) is 23.5 Å². The van der Waals surface area contributed by atoms with Gasteiger partial charge in [-0.3, -0.25) is 9.36 Å². The van der Waals surface area contributed by atoms with Gasteiger partial charge >= 0.3 is 5.97 Å². The first-order valence-electron chi connectivity index (χ1n) is 8.48. The highest BCUT2D eigenvalue weighted by Gasteiger charge is 2.16. The Morgan fingerprint density at radius 2 is 1.77 bits per heavy atom. The number of carbonyl (C=O) groups excluding carboxylic acids is 1. The number of esters is 1. The molecule has 0 saturated carbocycles. The third-order valence-corrected chi connectivity index (χ3v) is 4.96. The van der Waals surface area contributed by atoms with Gasteiger partial charge in [-0.25, -0.2) is 0 Å². The summed E-state index contributed by atoms with van der Waals surface area (Å²) in [4.78, 5) is 11.5. The van der Waals surface area contributed by atoms with Crippen LogP contribution in [0.1, 0.15) is 23.9 Å². The van der Waals surface area contributed by atoms with E-state index in [2.05, 4.69) is 53.5 Å². The zero-order valence-corrected chi connectivity index (χ0v) is 15.7. The van der Waals surface area contributed by atoms with Crippen molar-refractivity contribution in [1.29, 1.82) is 0 Å². The van der Waals surface area contributed by atoms with Crippen LogP contribution in [0, 0.1) is 0 Å². The van der Waals surface area contributed by atoms with Gasteiger partial charge < -0.3 is 4.74 Å². The molecule has 1 aromatic heterocycles. The summed E-state index contributed by atoms with van der Waals surface area (Å²) in [5, 5.41) is 9.37. The molecule has 6 heteroatoms. The normalized spacial score (nSPS) is 10.7. The van der Waals surface area contributed by atoms with Crippen LogP contribution in [0.4, 0.5) is 0 Å². The molecule has 0 bridgehead atoms. The lowest BCUT2D eigenvalue weighted by atomic mass is 10.1. The van der Waals surface area contributed by atoms with Gasteiger partial charge in [0.1, 0.15) is 5.82 Å². The second-order valence-corrected chi connectivity index (χ2v) is 6.72. The van der Waals surface area contributed by atoms with Gasteiger partial charge in [-0.15, -0.1) is 10.2 Å². The fourth-order valence-corrected chi connectivity index (χ4v) is 3.41. The molecule has 0 saturated heterocycles. The van der Waals surface area contributed by atoms with Crippen molar-refractivity contribution in [1.82, 2.24) is 14.8 Å². The van der Waals surface area contributed by atoms with Crippen LogP contribution in [0.5, 0.6) is 0 Å². The molecule has 0 unspecified atom stereocenters. The molecular formula is C20H21N3O2S. The maximum Gasteiger partial charge on any atom is 0.316 e. The van der Waals surface area contributed by atoms with E-state index >= 15 is 0 Å². The first-order valence-corrected chi connectivity index (χ1v) is 9.47. The lowest BCUT2D eigenvalue weighted by molar-refractivity contribution is -0.137. The Hall–Kier alpha value is -2.60. The van der Waals surface area contributed by atoms with Gasteiger partial charge in [0.15, 0.2) is 5.16 Å². The molecule has 3 rings (SSSR count). The Labute approximate surface area is 157 Å². The SMILES string of the molecule is CCc1ccc(-n2c(Cc3ccccc3)nnc2SCC(=O)OC)cc1. The first-order chi connectivity index (χ1) is 12.7. The molecule has 0 aliphatic rings. The predicted molar refractivity (Wildman–Crippen MR) is 103 cm³/mol. The second kappa shape index (κ2) is 8.67. The van der Waals surface area contributed by atoms with Crippen molar-refractivity contribution in [3.63, 3.8) is 0 Å². The highest BCUT2D eigenvalue weighted by atomic mass is 32.2. The molecule has 0 atom stereocenters. The summed E-state index contributed by atoms with van der Waals surface area (Å²) in [7, 11) is 1.39. The number of aryl methyl sites for hydroxylation is 1. The third-order valence-electron chi connectivity index (χ3n) is 4.06. The van der Waals surface area contributed by atoms with Crippen molar-refractivity contribution < 1.29 is 9.53 Å². The second-order valence-electron chi connectivity index (χ2n) is 5.78. The van der Waals surface area contributed by atoms with Gasteiger partial charge in [0.25, 0.3) is 0 Å². The van der Waals surface area contributed by atoms with E-state index in [1.54, 1.807) is 0 Å². The van der Waals surface area contributed by atoms with Gasteiger partial charge in [-0.1, -0.05) is 61.2 Å². The minimum Gasteiger partial charge on any atom is -0.468 e. The monoisotopic (exact) mass is 367 g/mol. The van der Waals surface area contributed by atoms with Gasteiger partial charge in [-0.2, -0.15) is 0 Å². The molecule has 0 fully saturated rings. The Kier molecular flexibility index (Phi) is 6.07. The van der Waals surface area contributed by atoms with E-state index < -0.39 is 0 Å². The molecule has 26 heavy (non-hydrogen) atoms. The lowest BCUT2D eigenvalue weighted by Gasteiger charge is -2.11. The Morgan fingerprint density at radius 3 is 2.42 bits per heavy atom. The topological polar surface area (TPSA) is 57.0 Å². The number of benzene rings is 2. The number of methoxy groups -OCH3 is 1. The van der Waals surface area contributed by atoms with Crippen molar-refractivity contribution in [3.05, 3.63) is 71.5 Å². The Balaban J connectivity index is 1.95. The van der Waals surface area contributed by atoms with Crippen molar-refractivity contribution in [2.75, 3.05) is 12.9 Å². The van der Waals surface area contributed by atoms with E-state index in [1.165, 1.54) is 24.4 Å². The summed E-state index contributed by atoms with van der Waals surface area (Å²) >= 11 is 1.33. The number of carbonyl (C=O) groups is 1. The van der Waals surface area contributed by atoms with E-state index in [0.29, 0.717) is 11.6 Å².